The van der Waals surface area contributed by atoms with Crippen molar-refractivity contribution < 1.29 is 18.0 Å². The molecule has 0 heterocycles. The van der Waals surface area contributed by atoms with Crippen molar-refractivity contribution >= 4 is 50.7 Å². The van der Waals surface area contributed by atoms with Gasteiger partial charge in [0.2, 0.25) is 11.8 Å². The van der Waals surface area contributed by atoms with E-state index in [0.29, 0.717) is 13.0 Å². The van der Waals surface area contributed by atoms with E-state index in [1.54, 1.807) is 18.2 Å². The first-order valence-corrected chi connectivity index (χ1v) is 16.5. The van der Waals surface area contributed by atoms with E-state index in [0.717, 1.165) is 21.0 Å². The van der Waals surface area contributed by atoms with Gasteiger partial charge in [-0.15, -0.1) is 0 Å². The lowest BCUT2D eigenvalue weighted by atomic mass is 10.0. The van der Waals surface area contributed by atoms with Gasteiger partial charge in [0.25, 0.3) is 10.0 Å². The van der Waals surface area contributed by atoms with Gasteiger partial charge < -0.3 is 10.2 Å². The third kappa shape index (κ3) is 8.62. The molecule has 1 atom stereocenters. The number of carbonyl (C=O) groups excluding carboxylic acids is 2. The van der Waals surface area contributed by atoms with E-state index in [9.17, 15) is 18.0 Å². The van der Waals surface area contributed by atoms with Gasteiger partial charge in [-0.1, -0.05) is 108 Å². The maximum absolute atomic E-state index is 14.4. The van der Waals surface area contributed by atoms with Crippen molar-refractivity contribution in [3.63, 3.8) is 0 Å². The maximum atomic E-state index is 14.4. The molecule has 1 N–H and O–H groups in total. The topological polar surface area (TPSA) is 86.8 Å². The molecule has 2 amide bonds. The highest BCUT2D eigenvalue weighted by atomic mass is 35.5. The number of carbonyl (C=O) groups is 2. The van der Waals surface area contributed by atoms with Gasteiger partial charge in [0.1, 0.15) is 12.6 Å². The van der Waals surface area contributed by atoms with Gasteiger partial charge in [-0.05, 0) is 54.8 Å². The average Bonchev–Trinajstić information content (AvgIpc) is 3.00. The fourth-order valence-corrected chi connectivity index (χ4v) is 6.79. The van der Waals surface area contributed by atoms with Gasteiger partial charge in [0, 0.05) is 29.6 Å². The van der Waals surface area contributed by atoms with E-state index in [-0.39, 0.29) is 39.5 Å². The van der Waals surface area contributed by atoms with E-state index in [1.165, 1.54) is 35.2 Å². The number of nitrogens with zero attached hydrogens (tertiary/aromatic N) is 2. The highest BCUT2D eigenvalue weighted by Gasteiger charge is 2.34. The Balaban J connectivity index is 1.81. The van der Waals surface area contributed by atoms with Crippen LogP contribution < -0.4 is 9.62 Å². The molecule has 10 heteroatoms. The molecule has 0 unspecified atom stereocenters. The fourth-order valence-electron chi connectivity index (χ4n) is 4.86. The molecule has 4 aromatic rings. The lowest BCUT2D eigenvalue weighted by Gasteiger charge is -2.34. The average molecular weight is 653 g/mol. The predicted molar refractivity (Wildman–Crippen MR) is 176 cm³/mol. The smallest absolute Gasteiger partial charge is 0.264 e. The standard InChI is InChI=1S/C34H35Cl2N3O4S/c1-3-17-37-34(41)32(19-26-12-6-4-7-13-26)38(23-27-14-10-11-25(2)18-27)33(40)24-39(30-21-28(35)20-29(36)22-30)44(42,43)31-15-8-5-9-16-31/h4-16,18,20-22,32H,3,17,19,23-24H2,1-2H3,(H,37,41)/t32-/m0/s1. The molecule has 0 saturated carbocycles. The van der Waals surface area contributed by atoms with E-state index in [1.807, 2.05) is 68.4 Å². The Morgan fingerprint density at radius 1 is 0.818 bits per heavy atom. The summed E-state index contributed by atoms with van der Waals surface area (Å²) in [5.41, 5.74) is 2.79. The Kier molecular flexibility index (Phi) is 11.4. The van der Waals surface area contributed by atoms with Crippen LogP contribution in [0.5, 0.6) is 0 Å². The molecule has 7 nitrogen and oxygen atoms in total. The van der Waals surface area contributed by atoms with Gasteiger partial charge in [0.15, 0.2) is 0 Å². The number of aryl methyl sites for hydroxylation is 1. The third-order valence-corrected chi connectivity index (χ3v) is 9.23. The Bertz CT molecular complexity index is 1670. The molecule has 4 rings (SSSR count). The molecule has 0 aliphatic heterocycles. The summed E-state index contributed by atoms with van der Waals surface area (Å²) in [5.74, 6) is -0.880. The summed E-state index contributed by atoms with van der Waals surface area (Å²) in [5, 5.41) is 3.37. The Labute approximate surface area is 269 Å². The van der Waals surface area contributed by atoms with Gasteiger partial charge >= 0.3 is 0 Å². The van der Waals surface area contributed by atoms with Crippen LogP contribution in [-0.4, -0.2) is 44.3 Å². The largest absolute Gasteiger partial charge is 0.354 e. The second-order valence-electron chi connectivity index (χ2n) is 10.5. The number of hydrogen-bond donors (Lipinski definition) is 1. The minimum Gasteiger partial charge on any atom is -0.354 e. The number of halogens is 2. The third-order valence-electron chi connectivity index (χ3n) is 7.00. The molecule has 0 saturated heterocycles. The quantitative estimate of drug-likeness (QED) is 0.175. The molecular formula is C34H35Cl2N3O4S. The van der Waals surface area contributed by atoms with Crippen LogP contribution in [0.3, 0.4) is 0 Å². The molecule has 44 heavy (non-hydrogen) atoms. The molecule has 0 spiro atoms. The summed E-state index contributed by atoms with van der Waals surface area (Å²) in [4.78, 5) is 29.6. The van der Waals surface area contributed by atoms with Crippen molar-refractivity contribution in [2.24, 2.45) is 0 Å². The Morgan fingerprint density at radius 2 is 1.43 bits per heavy atom. The number of amides is 2. The SMILES string of the molecule is CCCNC(=O)[C@H](Cc1ccccc1)N(Cc1cccc(C)c1)C(=O)CN(c1cc(Cl)cc(Cl)c1)S(=O)(=O)c1ccccc1. The molecule has 230 valence electrons. The van der Waals surface area contributed by atoms with E-state index in [4.69, 9.17) is 23.2 Å². The zero-order valence-electron chi connectivity index (χ0n) is 24.6. The van der Waals surface area contributed by atoms with Crippen molar-refractivity contribution in [1.82, 2.24) is 10.2 Å². The Morgan fingerprint density at radius 3 is 2.05 bits per heavy atom. The van der Waals surface area contributed by atoms with Crippen LogP contribution in [-0.2, 0) is 32.6 Å². The molecule has 0 fully saturated rings. The number of benzene rings is 4. The second-order valence-corrected chi connectivity index (χ2v) is 13.2. The van der Waals surface area contributed by atoms with Crippen LogP contribution in [0.2, 0.25) is 10.0 Å². The Hall–Kier alpha value is -3.85. The van der Waals surface area contributed by atoms with Gasteiger partial charge in [-0.2, -0.15) is 0 Å². The van der Waals surface area contributed by atoms with Crippen LogP contribution in [0.1, 0.15) is 30.0 Å². The molecule has 0 aliphatic carbocycles. The van der Waals surface area contributed by atoms with Crippen LogP contribution in [0.15, 0.2) is 108 Å². The lowest BCUT2D eigenvalue weighted by molar-refractivity contribution is -0.140. The molecular weight excluding hydrogens is 617 g/mol. The summed E-state index contributed by atoms with van der Waals surface area (Å²) in [6.45, 7) is 3.83. The van der Waals surface area contributed by atoms with Crippen molar-refractivity contribution in [3.8, 4) is 0 Å². The van der Waals surface area contributed by atoms with Gasteiger partial charge in [-0.3, -0.25) is 13.9 Å². The van der Waals surface area contributed by atoms with Crippen LogP contribution in [0, 0.1) is 6.92 Å². The summed E-state index contributed by atoms with van der Waals surface area (Å²) in [7, 11) is -4.25. The van der Waals surface area contributed by atoms with Gasteiger partial charge in [0.05, 0.1) is 10.6 Å². The van der Waals surface area contributed by atoms with Crippen LogP contribution >= 0.6 is 23.2 Å². The normalized spacial score (nSPS) is 11.9. The predicted octanol–water partition coefficient (Wildman–Crippen LogP) is 6.66. The highest BCUT2D eigenvalue weighted by Crippen LogP contribution is 2.30. The van der Waals surface area contributed by atoms with Crippen LogP contribution in [0.25, 0.3) is 0 Å². The first-order valence-electron chi connectivity index (χ1n) is 14.3. The second kappa shape index (κ2) is 15.2. The number of nitrogens with one attached hydrogen (secondary N) is 1. The molecule has 4 aromatic carbocycles. The lowest BCUT2D eigenvalue weighted by Crippen LogP contribution is -2.53. The monoisotopic (exact) mass is 651 g/mol. The number of rotatable bonds is 13. The zero-order valence-corrected chi connectivity index (χ0v) is 26.9. The number of sulfonamides is 1. The minimum atomic E-state index is -4.25. The summed E-state index contributed by atoms with van der Waals surface area (Å²) >= 11 is 12.6. The van der Waals surface area contributed by atoms with Gasteiger partial charge in [-0.25, -0.2) is 8.42 Å². The first-order chi connectivity index (χ1) is 21.1. The van der Waals surface area contributed by atoms with Crippen LogP contribution in [0.4, 0.5) is 5.69 Å². The molecule has 0 bridgehead atoms. The molecule has 0 aliphatic rings. The van der Waals surface area contributed by atoms with Crippen molar-refractivity contribution in [2.75, 3.05) is 17.4 Å². The van der Waals surface area contributed by atoms with E-state index < -0.39 is 28.5 Å². The maximum Gasteiger partial charge on any atom is 0.264 e. The van der Waals surface area contributed by atoms with Crippen molar-refractivity contribution in [1.29, 1.82) is 0 Å². The fraction of sp³-hybridized carbons (Fsp3) is 0.235. The summed E-state index contributed by atoms with van der Waals surface area (Å²) in [6, 6.07) is 28.4. The zero-order chi connectivity index (χ0) is 31.7. The van der Waals surface area contributed by atoms with Crippen molar-refractivity contribution in [2.45, 2.75) is 44.2 Å². The van der Waals surface area contributed by atoms with E-state index in [2.05, 4.69) is 5.32 Å². The van der Waals surface area contributed by atoms with E-state index >= 15 is 0 Å². The minimum absolute atomic E-state index is 0.00402. The number of hydrogen-bond acceptors (Lipinski definition) is 4. The number of anilines is 1. The van der Waals surface area contributed by atoms with Crippen molar-refractivity contribution in [3.05, 3.63) is 130 Å². The molecule has 0 radical (unpaired) electrons. The first kappa shape index (κ1) is 33.1. The summed E-state index contributed by atoms with van der Waals surface area (Å²) < 4.78 is 29.1. The molecule has 0 aromatic heterocycles. The highest BCUT2D eigenvalue weighted by molar-refractivity contribution is 7.92. The summed E-state index contributed by atoms with van der Waals surface area (Å²) in [6.07, 6.45) is 0.955.